The minimum atomic E-state index is -0.893. The summed E-state index contributed by atoms with van der Waals surface area (Å²) in [5.41, 5.74) is 0.285. The van der Waals surface area contributed by atoms with Gasteiger partial charge in [0.05, 0.1) is 19.1 Å². The molecule has 0 N–H and O–H groups in total. The predicted octanol–water partition coefficient (Wildman–Crippen LogP) is 7.87. The Balaban J connectivity index is 1.38. The molecule has 2 aliphatic carbocycles. The van der Waals surface area contributed by atoms with Crippen molar-refractivity contribution in [1.29, 1.82) is 0 Å². The van der Waals surface area contributed by atoms with E-state index in [0.29, 0.717) is 30.3 Å². The molecule has 168 valence electrons. The van der Waals surface area contributed by atoms with Gasteiger partial charge in [-0.1, -0.05) is 6.07 Å². The summed E-state index contributed by atoms with van der Waals surface area (Å²) in [6.07, 6.45) is 10.9. The number of aryl methyl sites for hydroxylation is 1. The van der Waals surface area contributed by atoms with E-state index in [1.54, 1.807) is 12.1 Å². The van der Waals surface area contributed by atoms with Crippen molar-refractivity contribution >= 4 is 0 Å². The van der Waals surface area contributed by atoms with Crippen LogP contribution in [0.1, 0.15) is 69.8 Å². The maximum Gasteiger partial charge on any atom is 0.200 e. The summed E-state index contributed by atoms with van der Waals surface area (Å²) in [6, 6.07) is 3.05. The maximum atomic E-state index is 13.9. The van der Waals surface area contributed by atoms with Gasteiger partial charge in [0.2, 0.25) is 5.82 Å². The van der Waals surface area contributed by atoms with Crippen molar-refractivity contribution in [3.8, 4) is 5.75 Å². The normalized spacial score (nSPS) is 27.8. The van der Waals surface area contributed by atoms with Crippen LogP contribution in [0.3, 0.4) is 0 Å². The van der Waals surface area contributed by atoms with E-state index in [0.717, 1.165) is 51.4 Å². The van der Waals surface area contributed by atoms with Crippen molar-refractivity contribution in [3.05, 3.63) is 41.2 Å². The summed E-state index contributed by atoms with van der Waals surface area (Å²) in [5, 5.41) is 0. The quantitative estimate of drug-likeness (QED) is 0.384. The van der Waals surface area contributed by atoms with Crippen LogP contribution < -0.4 is 4.74 Å². The van der Waals surface area contributed by atoms with Crippen LogP contribution in [0.2, 0.25) is 0 Å². The second kappa shape index (κ2) is 11.2. The first-order valence-electron chi connectivity index (χ1n) is 11.5. The first-order chi connectivity index (χ1) is 14.5. The first kappa shape index (κ1) is 23.1. The fraction of sp³-hybridized carbons (Fsp3) is 0.680. The first-order valence-corrected chi connectivity index (χ1v) is 11.5. The number of hydrogen-bond acceptors (Lipinski definition) is 1. The molecule has 30 heavy (non-hydrogen) atoms. The summed E-state index contributed by atoms with van der Waals surface area (Å²) in [6.45, 7) is 1.51. The van der Waals surface area contributed by atoms with Crippen molar-refractivity contribution < 1.29 is 22.3 Å². The van der Waals surface area contributed by atoms with Gasteiger partial charge in [-0.3, -0.25) is 4.39 Å². The van der Waals surface area contributed by atoms with Crippen molar-refractivity contribution in [2.75, 3.05) is 13.3 Å². The Morgan fingerprint density at radius 1 is 0.967 bits per heavy atom. The Hall–Kier alpha value is -1.52. The SMILES string of the molecule is Cc1ccc(OCC2CCC(C3CCC(C=C(F)CCCF)CC3)CC2)c(F)c1F. The fourth-order valence-corrected chi connectivity index (χ4v) is 5.13. The van der Waals surface area contributed by atoms with Crippen LogP contribution in [-0.4, -0.2) is 13.3 Å². The minimum Gasteiger partial charge on any atom is -0.490 e. The van der Waals surface area contributed by atoms with Crippen LogP contribution in [-0.2, 0) is 0 Å². The molecule has 0 saturated heterocycles. The second-order valence-corrected chi connectivity index (χ2v) is 9.18. The number of allylic oxidation sites excluding steroid dienone is 2. The number of benzene rings is 1. The highest BCUT2D eigenvalue weighted by atomic mass is 19.2. The van der Waals surface area contributed by atoms with Gasteiger partial charge in [0.25, 0.3) is 0 Å². The Kier molecular flexibility index (Phi) is 8.64. The minimum absolute atomic E-state index is 0.00495. The predicted molar refractivity (Wildman–Crippen MR) is 112 cm³/mol. The Morgan fingerprint density at radius 2 is 1.60 bits per heavy atom. The number of rotatable bonds is 8. The lowest BCUT2D eigenvalue weighted by atomic mass is 9.69. The summed E-state index contributed by atoms with van der Waals surface area (Å²) in [5.74, 6) is 0.223. The molecule has 0 spiro atoms. The molecule has 2 fully saturated rings. The molecule has 0 atom stereocenters. The zero-order valence-corrected chi connectivity index (χ0v) is 17.9. The lowest BCUT2D eigenvalue weighted by molar-refractivity contribution is 0.127. The van der Waals surface area contributed by atoms with Crippen molar-refractivity contribution in [2.45, 2.75) is 71.1 Å². The van der Waals surface area contributed by atoms with E-state index in [9.17, 15) is 17.6 Å². The van der Waals surface area contributed by atoms with Crippen LogP contribution in [0.15, 0.2) is 24.0 Å². The largest absolute Gasteiger partial charge is 0.490 e. The highest BCUT2D eigenvalue weighted by Gasteiger charge is 2.31. The molecule has 5 heteroatoms. The van der Waals surface area contributed by atoms with Gasteiger partial charge in [0.15, 0.2) is 11.6 Å². The fourth-order valence-electron chi connectivity index (χ4n) is 5.13. The van der Waals surface area contributed by atoms with Gasteiger partial charge in [-0.2, -0.15) is 4.39 Å². The zero-order chi connectivity index (χ0) is 21.5. The molecule has 0 bridgehead atoms. The molecule has 0 amide bonds. The molecule has 1 aromatic rings. The van der Waals surface area contributed by atoms with Crippen LogP contribution in [0.5, 0.6) is 5.75 Å². The number of hydrogen-bond donors (Lipinski definition) is 0. The Bertz CT molecular complexity index is 701. The molecule has 2 saturated carbocycles. The van der Waals surface area contributed by atoms with Gasteiger partial charge in [-0.25, -0.2) is 8.78 Å². The average molecular weight is 427 g/mol. The summed E-state index contributed by atoms with van der Waals surface area (Å²) in [4.78, 5) is 0. The van der Waals surface area contributed by atoms with Gasteiger partial charge in [-0.05, 0) is 106 Å². The third kappa shape index (κ3) is 6.24. The van der Waals surface area contributed by atoms with E-state index in [2.05, 4.69) is 0 Å². The highest BCUT2D eigenvalue weighted by Crippen LogP contribution is 2.42. The van der Waals surface area contributed by atoms with E-state index in [1.165, 1.54) is 13.0 Å². The van der Waals surface area contributed by atoms with Gasteiger partial charge < -0.3 is 4.74 Å². The van der Waals surface area contributed by atoms with Crippen molar-refractivity contribution in [2.24, 2.45) is 23.7 Å². The smallest absolute Gasteiger partial charge is 0.200 e. The number of ether oxygens (including phenoxy) is 1. The molecule has 0 heterocycles. The summed E-state index contributed by atoms with van der Waals surface area (Å²) < 4.78 is 59.1. The molecular formula is C25H34F4O. The monoisotopic (exact) mass is 426 g/mol. The molecule has 0 aliphatic heterocycles. The molecule has 1 aromatic carbocycles. The van der Waals surface area contributed by atoms with Gasteiger partial charge in [-0.15, -0.1) is 0 Å². The summed E-state index contributed by atoms with van der Waals surface area (Å²) in [7, 11) is 0. The molecule has 2 aliphatic rings. The molecule has 0 radical (unpaired) electrons. The van der Waals surface area contributed by atoms with Crippen LogP contribution in [0, 0.1) is 42.2 Å². The number of halogens is 4. The average Bonchev–Trinajstić information content (AvgIpc) is 2.76. The van der Waals surface area contributed by atoms with Crippen LogP contribution >= 0.6 is 0 Å². The molecule has 0 aromatic heterocycles. The summed E-state index contributed by atoms with van der Waals surface area (Å²) >= 11 is 0. The van der Waals surface area contributed by atoms with Gasteiger partial charge in [0, 0.05) is 6.42 Å². The molecular weight excluding hydrogens is 392 g/mol. The molecule has 3 rings (SSSR count). The lowest BCUT2D eigenvalue weighted by Gasteiger charge is -2.37. The Labute approximate surface area is 177 Å². The third-order valence-electron chi connectivity index (χ3n) is 7.05. The third-order valence-corrected chi connectivity index (χ3v) is 7.05. The van der Waals surface area contributed by atoms with E-state index >= 15 is 0 Å². The van der Waals surface area contributed by atoms with Crippen molar-refractivity contribution in [3.63, 3.8) is 0 Å². The Morgan fingerprint density at radius 3 is 2.23 bits per heavy atom. The maximum absolute atomic E-state index is 13.9. The zero-order valence-electron chi connectivity index (χ0n) is 17.9. The van der Waals surface area contributed by atoms with Crippen molar-refractivity contribution in [1.82, 2.24) is 0 Å². The highest BCUT2D eigenvalue weighted by molar-refractivity contribution is 5.30. The van der Waals surface area contributed by atoms with E-state index in [1.807, 2.05) is 0 Å². The van der Waals surface area contributed by atoms with E-state index in [-0.39, 0.29) is 30.0 Å². The van der Waals surface area contributed by atoms with E-state index < -0.39 is 18.3 Å². The molecule has 0 unspecified atom stereocenters. The standard InChI is InChI=1S/C25H34F4O/c1-17-4-13-23(25(29)24(17)28)30-16-19-7-11-21(12-8-19)20-9-5-18(6-10-20)15-22(27)3-2-14-26/h4,13,15,18-21H,2-3,5-12,14,16H2,1H3. The molecule has 1 nitrogen and oxygen atoms in total. The lowest BCUT2D eigenvalue weighted by Crippen LogP contribution is -2.27. The van der Waals surface area contributed by atoms with Crippen LogP contribution in [0.4, 0.5) is 17.6 Å². The van der Waals surface area contributed by atoms with Gasteiger partial charge in [0.1, 0.15) is 0 Å². The second-order valence-electron chi connectivity index (χ2n) is 9.18. The van der Waals surface area contributed by atoms with E-state index in [4.69, 9.17) is 4.74 Å². The topological polar surface area (TPSA) is 9.23 Å². The number of alkyl halides is 1. The van der Waals surface area contributed by atoms with Gasteiger partial charge >= 0.3 is 0 Å². The van der Waals surface area contributed by atoms with Crippen LogP contribution in [0.25, 0.3) is 0 Å².